The first-order chi connectivity index (χ1) is 6.86. The van der Waals surface area contributed by atoms with Gasteiger partial charge in [-0.15, -0.1) is 0 Å². The minimum absolute atomic E-state index is 0.899. The van der Waals surface area contributed by atoms with Crippen LogP contribution in [0.5, 0.6) is 0 Å². The van der Waals surface area contributed by atoms with Crippen LogP contribution in [0.1, 0.15) is 0 Å². The second-order valence-electron chi connectivity index (χ2n) is 2.96. The number of fused-ring (bicyclic) bond motifs is 1. The number of anilines is 1. The van der Waals surface area contributed by atoms with Gasteiger partial charge in [-0.2, -0.15) is 0 Å². The summed E-state index contributed by atoms with van der Waals surface area (Å²) in [5, 5.41) is 0. The molecule has 0 amide bonds. The second kappa shape index (κ2) is 4.83. The van der Waals surface area contributed by atoms with Crippen molar-refractivity contribution in [3.63, 3.8) is 0 Å². The molecule has 14 heavy (non-hydrogen) atoms. The van der Waals surface area contributed by atoms with E-state index in [1.807, 2.05) is 6.33 Å². The van der Waals surface area contributed by atoms with Crippen molar-refractivity contribution in [2.24, 2.45) is 0 Å². The van der Waals surface area contributed by atoms with Gasteiger partial charge in [0.1, 0.15) is 0 Å². The van der Waals surface area contributed by atoms with Crippen LogP contribution >= 0.6 is 0 Å². The van der Waals surface area contributed by atoms with E-state index in [-0.39, 0.29) is 0 Å². The van der Waals surface area contributed by atoms with Crippen molar-refractivity contribution in [2.75, 3.05) is 3.08 Å². The van der Waals surface area contributed by atoms with Crippen LogP contribution in [0, 0.1) is 0 Å². The fourth-order valence-corrected chi connectivity index (χ4v) is 6.73. The average molecular weight is 564 g/mol. The third-order valence-electron chi connectivity index (χ3n) is 2.09. The molecule has 0 fully saturated rings. The molecule has 7 heteroatoms. The van der Waals surface area contributed by atoms with Gasteiger partial charge in [-0.25, -0.2) is 0 Å². The third kappa shape index (κ3) is 1.93. The van der Waals surface area contributed by atoms with Gasteiger partial charge in [-0.1, -0.05) is 0 Å². The van der Waals surface area contributed by atoms with Gasteiger partial charge in [0.05, 0.1) is 0 Å². The molecule has 2 aromatic heterocycles. The first kappa shape index (κ1) is 10.7. The molecule has 5 nitrogen and oxygen atoms in total. The van der Waals surface area contributed by atoms with E-state index >= 15 is 0 Å². The van der Waals surface area contributed by atoms with E-state index in [1.54, 1.807) is 6.33 Å². The summed E-state index contributed by atoms with van der Waals surface area (Å²) in [5.74, 6) is 0.944. The molecule has 2 aromatic rings. The van der Waals surface area contributed by atoms with E-state index in [4.69, 9.17) is 0 Å². The molecular formula is C7H9Hg2N5. The van der Waals surface area contributed by atoms with Crippen molar-refractivity contribution in [1.29, 1.82) is 0 Å². The molecule has 0 saturated carbocycles. The number of nitrogens with one attached hydrogen (secondary N) is 1. The second-order valence-corrected chi connectivity index (χ2v) is 12.2. The Hall–Kier alpha value is 0.220. The molecule has 0 radical (unpaired) electrons. The zero-order valence-corrected chi connectivity index (χ0v) is 19.4. The van der Waals surface area contributed by atoms with Gasteiger partial charge in [0.15, 0.2) is 0 Å². The molecule has 2 rings (SSSR count). The Kier molecular flexibility index (Phi) is 3.70. The van der Waals surface area contributed by atoms with Gasteiger partial charge < -0.3 is 0 Å². The Balaban J connectivity index is 2.58. The van der Waals surface area contributed by atoms with E-state index in [0.717, 1.165) is 17.0 Å². The fourth-order valence-electron chi connectivity index (χ4n) is 1.41. The zero-order valence-electron chi connectivity index (χ0n) is 8.36. The maximum absolute atomic E-state index is 4.37. The number of rotatable bonds is 3. The van der Waals surface area contributed by atoms with Gasteiger partial charge in [0, 0.05) is 0 Å². The van der Waals surface area contributed by atoms with Crippen molar-refractivity contribution in [2.45, 2.75) is 8.86 Å². The van der Waals surface area contributed by atoms with Crippen LogP contribution in [-0.4, -0.2) is 17.3 Å². The van der Waals surface area contributed by atoms with Crippen molar-refractivity contribution in [1.82, 2.24) is 17.3 Å². The Bertz CT molecular complexity index is 441. The van der Waals surface area contributed by atoms with E-state index in [2.05, 4.69) is 29.2 Å². The van der Waals surface area contributed by atoms with E-state index in [1.165, 1.54) is 0 Å². The van der Waals surface area contributed by atoms with Crippen molar-refractivity contribution in [3.05, 3.63) is 12.7 Å². The summed E-state index contributed by atoms with van der Waals surface area (Å²) in [6.07, 6.45) is 3.55. The Labute approximate surface area is 107 Å². The SMILES string of the molecule is [CH3][Hg][NH]c1ncnc2c1nc[n]2[Hg][CH3]. The molecule has 0 aliphatic carbocycles. The van der Waals surface area contributed by atoms with Crippen LogP contribution in [-0.2, 0) is 49.8 Å². The van der Waals surface area contributed by atoms with Crippen molar-refractivity contribution >= 4 is 17.0 Å². The van der Waals surface area contributed by atoms with Crippen molar-refractivity contribution < 1.29 is 49.8 Å². The van der Waals surface area contributed by atoms with Gasteiger partial charge >= 0.3 is 109 Å². The summed E-state index contributed by atoms with van der Waals surface area (Å²) in [7, 11) is 0. The summed E-state index contributed by atoms with van der Waals surface area (Å²) >= 11 is -1.86. The summed E-state index contributed by atoms with van der Waals surface area (Å²) < 4.78 is 10.2. The Morgan fingerprint density at radius 1 is 1.29 bits per heavy atom. The molecule has 0 bridgehead atoms. The molecule has 0 atom stereocenters. The molecular weight excluding hydrogens is 555 g/mol. The fraction of sp³-hybridized carbons (Fsp3) is 0.286. The summed E-state index contributed by atoms with van der Waals surface area (Å²) in [4.78, 5) is 12.9. The van der Waals surface area contributed by atoms with Gasteiger partial charge in [0.25, 0.3) is 0 Å². The van der Waals surface area contributed by atoms with Crippen LogP contribution in [0.15, 0.2) is 12.7 Å². The number of nitrogens with zero attached hydrogens (tertiary/aromatic N) is 4. The van der Waals surface area contributed by atoms with E-state index < -0.39 is 49.8 Å². The van der Waals surface area contributed by atoms with Gasteiger partial charge in [-0.3, -0.25) is 0 Å². The summed E-state index contributed by atoms with van der Waals surface area (Å²) in [6.45, 7) is 0. The van der Waals surface area contributed by atoms with E-state index in [9.17, 15) is 0 Å². The zero-order chi connectivity index (χ0) is 9.97. The summed E-state index contributed by atoms with van der Waals surface area (Å²) in [6, 6.07) is 0. The van der Waals surface area contributed by atoms with E-state index in [0.29, 0.717) is 0 Å². The first-order valence-electron chi connectivity index (χ1n) is 4.76. The van der Waals surface area contributed by atoms with Crippen LogP contribution in [0.2, 0.25) is 8.86 Å². The van der Waals surface area contributed by atoms with Crippen LogP contribution < -0.4 is 3.08 Å². The maximum atomic E-state index is 4.37. The first-order valence-corrected chi connectivity index (χ1v) is 21.0. The molecule has 2 heterocycles. The predicted molar refractivity (Wildman–Crippen MR) is 46.1 cm³/mol. The minimum atomic E-state index is -0.958. The van der Waals surface area contributed by atoms with Gasteiger partial charge in [0.2, 0.25) is 0 Å². The number of hydrogen-bond donors (Lipinski definition) is 1. The molecule has 1 N–H and O–H groups in total. The molecule has 0 unspecified atom stereocenters. The molecule has 0 aliphatic rings. The average Bonchev–Trinajstić information content (AvgIpc) is 2.62. The van der Waals surface area contributed by atoms with Crippen LogP contribution in [0.4, 0.5) is 5.82 Å². The van der Waals surface area contributed by atoms with Gasteiger partial charge in [-0.05, 0) is 0 Å². The number of imidazole rings is 1. The molecule has 0 aliphatic heterocycles. The molecule has 0 saturated heterocycles. The summed E-state index contributed by atoms with van der Waals surface area (Å²) in [5.41, 5.74) is 1.98. The normalized spacial score (nSPS) is 9.57. The number of aromatic nitrogens is 4. The Morgan fingerprint density at radius 3 is 2.86 bits per heavy atom. The Morgan fingerprint density at radius 2 is 2.14 bits per heavy atom. The number of hydrogen-bond acceptors (Lipinski definition) is 4. The predicted octanol–water partition coefficient (Wildman–Crippen LogP) is 1.18. The van der Waals surface area contributed by atoms with Crippen LogP contribution in [0.3, 0.4) is 0 Å². The quantitative estimate of drug-likeness (QED) is 0.570. The van der Waals surface area contributed by atoms with Crippen LogP contribution in [0.25, 0.3) is 11.2 Å². The molecule has 0 aromatic carbocycles. The van der Waals surface area contributed by atoms with Crippen molar-refractivity contribution in [3.8, 4) is 0 Å². The topological polar surface area (TPSA) is 55.6 Å². The monoisotopic (exact) mass is 567 g/mol. The molecule has 66 valence electrons. The third-order valence-corrected chi connectivity index (χ3v) is 9.21. The standard InChI is InChI=1S/C5H3N5.2CH3.2Hg/c6-4-3-5(9-1-7-3)10-2-8-4;;;;/h1-2H,(H-2,6,7,8,9,10);2*1H3;;/q-2;;;2*+1. The molecule has 0 spiro atoms.